The van der Waals surface area contributed by atoms with Crippen LogP contribution in [-0.2, 0) is 22.5 Å². The molecule has 7 nitrogen and oxygen atoms in total. The second-order valence-corrected chi connectivity index (χ2v) is 7.18. The Morgan fingerprint density at radius 3 is 2.93 bits per heavy atom. The van der Waals surface area contributed by atoms with E-state index in [0.717, 1.165) is 10.4 Å². The van der Waals surface area contributed by atoms with Gasteiger partial charge < -0.3 is 20.1 Å². The summed E-state index contributed by atoms with van der Waals surface area (Å²) in [7, 11) is 0. The summed E-state index contributed by atoms with van der Waals surface area (Å²) in [6.45, 7) is 2.89. The number of nitriles is 1. The van der Waals surface area contributed by atoms with Crippen molar-refractivity contribution in [3.8, 4) is 11.8 Å². The van der Waals surface area contributed by atoms with Crippen molar-refractivity contribution >= 4 is 34.4 Å². The van der Waals surface area contributed by atoms with Crippen molar-refractivity contribution in [3.63, 3.8) is 0 Å². The van der Waals surface area contributed by atoms with E-state index >= 15 is 0 Å². The van der Waals surface area contributed by atoms with Crippen molar-refractivity contribution in [1.29, 1.82) is 5.26 Å². The van der Waals surface area contributed by atoms with Gasteiger partial charge in [-0.1, -0.05) is 18.2 Å². The van der Waals surface area contributed by atoms with E-state index in [4.69, 9.17) is 4.74 Å². The molecule has 2 heterocycles. The Morgan fingerprint density at radius 2 is 2.21 bits per heavy atom. The zero-order valence-electron chi connectivity index (χ0n) is 15.3. The number of anilines is 1. The lowest BCUT2D eigenvalue weighted by atomic mass is 10.0. The van der Waals surface area contributed by atoms with Crippen LogP contribution in [0.1, 0.15) is 28.5 Å². The number of para-hydroxylation sites is 1. The highest BCUT2D eigenvalue weighted by atomic mass is 32.1. The van der Waals surface area contributed by atoms with Crippen LogP contribution in [0.3, 0.4) is 0 Å². The smallest absolute Gasteiger partial charge is 0.410 e. The lowest BCUT2D eigenvalue weighted by Gasteiger charge is -2.25. The van der Waals surface area contributed by atoms with Crippen LogP contribution in [0.15, 0.2) is 30.3 Å². The van der Waals surface area contributed by atoms with Gasteiger partial charge in [0, 0.05) is 23.1 Å². The number of benzene rings is 1. The van der Waals surface area contributed by atoms with E-state index in [9.17, 15) is 20.0 Å². The second-order valence-electron chi connectivity index (χ2n) is 6.07. The first-order valence-corrected chi connectivity index (χ1v) is 9.58. The Hall–Kier alpha value is -3.31. The maximum atomic E-state index is 12.3. The lowest BCUT2D eigenvalue weighted by molar-refractivity contribution is -0.111. The molecule has 0 unspecified atom stereocenters. The second kappa shape index (κ2) is 8.59. The Kier molecular flexibility index (Phi) is 5.96. The Labute approximate surface area is 166 Å². The number of amides is 2. The van der Waals surface area contributed by atoms with Crippen molar-refractivity contribution < 1.29 is 19.4 Å². The Balaban J connectivity index is 1.75. The van der Waals surface area contributed by atoms with E-state index in [1.165, 1.54) is 29.6 Å². The molecule has 1 aromatic carbocycles. The average molecular weight is 397 g/mol. The van der Waals surface area contributed by atoms with Crippen molar-refractivity contribution in [2.24, 2.45) is 0 Å². The van der Waals surface area contributed by atoms with E-state index in [0.29, 0.717) is 42.2 Å². The van der Waals surface area contributed by atoms with Crippen LogP contribution in [0.5, 0.6) is 5.75 Å². The topological polar surface area (TPSA) is 103 Å². The monoisotopic (exact) mass is 397 g/mol. The van der Waals surface area contributed by atoms with Gasteiger partial charge in [0.15, 0.2) is 0 Å². The largest absolute Gasteiger partial charge is 0.507 e. The van der Waals surface area contributed by atoms with Crippen molar-refractivity contribution in [2.45, 2.75) is 19.9 Å². The van der Waals surface area contributed by atoms with Gasteiger partial charge in [-0.05, 0) is 31.1 Å². The lowest BCUT2D eigenvalue weighted by Crippen LogP contribution is -2.35. The van der Waals surface area contributed by atoms with Gasteiger partial charge in [-0.2, -0.15) is 5.26 Å². The van der Waals surface area contributed by atoms with Crippen LogP contribution in [0.25, 0.3) is 6.08 Å². The van der Waals surface area contributed by atoms with Crippen LogP contribution in [0.2, 0.25) is 0 Å². The molecule has 0 atom stereocenters. The molecule has 1 aliphatic heterocycles. The molecule has 2 N–H and O–H groups in total. The molecule has 1 aromatic heterocycles. The molecule has 2 amide bonds. The van der Waals surface area contributed by atoms with E-state index in [1.54, 1.807) is 30.0 Å². The van der Waals surface area contributed by atoms with Crippen molar-refractivity contribution in [1.82, 2.24) is 4.90 Å². The molecular formula is C20H19N3O4S. The first-order chi connectivity index (χ1) is 13.5. The number of nitrogens with one attached hydrogen (secondary N) is 1. The minimum absolute atomic E-state index is 0.0786. The van der Waals surface area contributed by atoms with Gasteiger partial charge in [-0.15, -0.1) is 11.3 Å². The predicted molar refractivity (Wildman–Crippen MR) is 106 cm³/mol. The third kappa shape index (κ3) is 4.15. The number of thiophene rings is 1. The molecule has 3 rings (SSSR count). The summed E-state index contributed by atoms with van der Waals surface area (Å²) in [5, 5.41) is 22.5. The van der Waals surface area contributed by atoms with E-state index in [-0.39, 0.29) is 11.8 Å². The standard InChI is InChI=1S/C20H19N3O4S/c1-2-27-20(26)23-10-9-14-15(11-21)19(28-17(14)12-23)22-18(25)8-7-13-5-3-4-6-16(13)24/h3-8,24H,2,9-10,12H2,1H3,(H,22,25). The number of ether oxygens (including phenoxy) is 1. The first-order valence-electron chi connectivity index (χ1n) is 8.76. The molecule has 0 saturated carbocycles. The summed E-state index contributed by atoms with van der Waals surface area (Å²) in [4.78, 5) is 26.7. The van der Waals surface area contributed by atoms with Crippen LogP contribution in [0.4, 0.5) is 9.80 Å². The zero-order chi connectivity index (χ0) is 20.1. The van der Waals surface area contributed by atoms with Crippen molar-refractivity contribution in [2.75, 3.05) is 18.5 Å². The summed E-state index contributed by atoms with van der Waals surface area (Å²) < 4.78 is 5.04. The maximum Gasteiger partial charge on any atom is 0.410 e. The first kappa shape index (κ1) is 19.5. The maximum absolute atomic E-state index is 12.3. The summed E-state index contributed by atoms with van der Waals surface area (Å²) >= 11 is 1.29. The molecule has 0 radical (unpaired) electrons. The number of fused-ring (bicyclic) bond motifs is 1. The molecule has 0 spiro atoms. The molecular weight excluding hydrogens is 378 g/mol. The van der Waals surface area contributed by atoms with Gasteiger partial charge in [0.25, 0.3) is 0 Å². The van der Waals surface area contributed by atoms with Gasteiger partial charge in [-0.3, -0.25) is 4.79 Å². The average Bonchev–Trinajstić information content (AvgIpc) is 3.03. The number of rotatable bonds is 4. The number of aromatic hydroxyl groups is 1. The minimum atomic E-state index is -0.402. The third-order valence-corrected chi connectivity index (χ3v) is 5.41. The molecule has 0 saturated heterocycles. The number of hydrogen-bond donors (Lipinski definition) is 2. The number of phenolic OH excluding ortho intramolecular Hbond substituents is 1. The van der Waals surface area contributed by atoms with E-state index < -0.39 is 5.91 Å². The number of carbonyl (C=O) groups excluding carboxylic acids is 2. The predicted octanol–water partition coefficient (Wildman–Crippen LogP) is 3.49. The summed E-state index contributed by atoms with van der Waals surface area (Å²) in [5.41, 5.74) is 1.83. The molecule has 0 fully saturated rings. The van der Waals surface area contributed by atoms with Gasteiger partial charge in [0.05, 0.1) is 18.7 Å². The van der Waals surface area contributed by atoms with Crippen LogP contribution in [0, 0.1) is 11.3 Å². The van der Waals surface area contributed by atoms with Crippen LogP contribution < -0.4 is 5.32 Å². The minimum Gasteiger partial charge on any atom is -0.507 e. The summed E-state index contributed by atoms with van der Waals surface area (Å²) in [6.07, 6.45) is 2.97. The van der Waals surface area contributed by atoms with Crippen LogP contribution in [-0.4, -0.2) is 35.2 Å². The Bertz CT molecular complexity index is 974. The Morgan fingerprint density at radius 1 is 1.43 bits per heavy atom. The normalized spacial score (nSPS) is 13.1. The highest BCUT2D eigenvalue weighted by Crippen LogP contribution is 2.36. The highest BCUT2D eigenvalue weighted by molar-refractivity contribution is 7.16. The molecule has 1 aliphatic rings. The fourth-order valence-corrected chi connectivity index (χ4v) is 4.14. The molecule has 2 aromatic rings. The fraction of sp³-hybridized carbons (Fsp3) is 0.250. The molecule has 28 heavy (non-hydrogen) atoms. The molecule has 8 heteroatoms. The number of hydrogen-bond acceptors (Lipinski definition) is 6. The van der Waals surface area contributed by atoms with E-state index in [1.807, 2.05) is 0 Å². The fourth-order valence-electron chi connectivity index (χ4n) is 2.93. The third-order valence-electron chi connectivity index (χ3n) is 4.28. The molecule has 0 bridgehead atoms. The zero-order valence-corrected chi connectivity index (χ0v) is 16.1. The van der Waals surface area contributed by atoms with Gasteiger partial charge >= 0.3 is 6.09 Å². The SMILES string of the molecule is CCOC(=O)N1CCc2c(sc(NC(=O)C=Cc3ccccc3O)c2C#N)C1. The van der Waals surface area contributed by atoms with Gasteiger partial charge in [0.2, 0.25) is 5.91 Å². The summed E-state index contributed by atoms with van der Waals surface area (Å²) in [5.74, 6) is -0.324. The van der Waals surface area contributed by atoms with Crippen molar-refractivity contribution in [3.05, 3.63) is 51.9 Å². The van der Waals surface area contributed by atoms with Gasteiger partial charge in [-0.25, -0.2) is 4.79 Å². The molecule has 144 valence electrons. The highest BCUT2D eigenvalue weighted by Gasteiger charge is 2.27. The quantitative estimate of drug-likeness (QED) is 0.769. The van der Waals surface area contributed by atoms with Gasteiger partial charge in [0.1, 0.15) is 16.8 Å². The summed E-state index contributed by atoms with van der Waals surface area (Å²) in [6, 6.07) is 8.84. The molecule has 0 aliphatic carbocycles. The van der Waals surface area contributed by atoms with Crippen LogP contribution >= 0.6 is 11.3 Å². The van der Waals surface area contributed by atoms with E-state index in [2.05, 4.69) is 11.4 Å². The number of carbonyl (C=O) groups is 2. The number of phenols is 1. The number of nitrogens with zero attached hydrogens (tertiary/aromatic N) is 2.